The maximum Gasteiger partial charge on any atom is 0.262 e. The minimum absolute atomic E-state index is 0.0273. The number of hydrogen-bond donors (Lipinski definition) is 2. The number of hydrazone groups is 1. The zero-order valence-corrected chi connectivity index (χ0v) is 22.3. The van der Waals surface area contributed by atoms with Crippen molar-refractivity contribution in [2.75, 3.05) is 12.9 Å². The number of sulfonamides is 1. The molecule has 10 nitrogen and oxygen atoms in total. The van der Waals surface area contributed by atoms with Gasteiger partial charge < -0.3 is 4.74 Å². The third kappa shape index (κ3) is 6.28. The van der Waals surface area contributed by atoms with Gasteiger partial charge in [0.1, 0.15) is 5.75 Å². The monoisotopic (exact) mass is 551 g/mol. The number of rotatable bonds is 9. The molecule has 0 radical (unpaired) electrons. The average Bonchev–Trinajstić information content (AvgIpc) is 2.92. The first kappa shape index (κ1) is 27.0. The van der Waals surface area contributed by atoms with Gasteiger partial charge in [0, 0.05) is 5.56 Å². The highest BCUT2D eigenvalue weighted by molar-refractivity contribution is 7.99. The standard InChI is InChI=1S/C26H25N5O5S2/c1-17(20-7-4-6-10-23(20)36-2)29-30-24(32)16-37-26-28-22-9-5-3-8-21(22)25(33)31(26)15-18-11-13-19(14-12-18)38(27,34)35/h3-14H,15-16H2,1-2H3,(H,30,32)(H2,27,34,35)/b29-17+. The molecule has 0 fully saturated rings. The van der Waals surface area contributed by atoms with Crippen LogP contribution >= 0.6 is 11.8 Å². The lowest BCUT2D eigenvalue weighted by Gasteiger charge is -2.13. The molecule has 0 bridgehead atoms. The minimum atomic E-state index is -3.84. The van der Waals surface area contributed by atoms with Gasteiger partial charge >= 0.3 is 0 Å². The molecule has 38 heavy (non-hydrogen) atoms. The molecule has 0 aliphatic heterocycles. The number of nitrogens with one attached hydrogen (secondary N) is 1. The topological polar surface area (TPSA) is 146 Å². The molecule has 1 aromatic heterocycles. The second-order valence-electron chi connectivity index (χ2n) is 8.21. The highest BCUT2D eigenvalue weighted by Crippen LogP contribution is 2.20. The van der Waals surface area contributed by atoms with Crippen LogP contribution < -0.4 is 20.9 Å². The fourth-order valence-corrected chi connectivity index (χ4v) is 4.98. The fourth-order valence-electron chi connectivity index (χ4n) is 3.68. The van der Waals surface area contributed by atoms with E-state index in [0.29, 0.717) is 33.1 Å². The normalized spacial score (nSPS) is 11.9. The van der Waals surface area contributed by atoms with Gasteiger partial charge in [-0.1, -0.05) is 48.2 Å². The largest absolute Gasteiger partial charge is 0.496 e. The molecule has 0 spiro atoms. The van der Waals surface area contributed by atoms with E-state index in [9.17, 15) is 18.0 Å². The second kappa shape index (κ2) is 11.6. The zero-order valence-electron chi connectivity index (χ0n) is 20.6. The van der Waals surface area contributed by atoms with Crippen LogP contribution in [0.1, 0.15) is 18.1 Å². The third-order valence-electron chi connectivity index (χ3n) is 5.60. The van der Waals surface area contributed by atoms with Gasteiger partial charge in [-0.25, -0.2) is 24.0 Å². The van der Waals surface area contributed by atoms with E-state index in [1.165, 1.54) is 16.7 Å². The number of hydrogen-bond acceptors (Lipinski definition) is 8. The summed E-state index contributed by atoms with van der Waals surface area (Å²) in [5, 5.41) is 10.1. The molecule has 1 heterocycles. The Kier molecular flexibility index (Phi) is 8.25. The molecular weight excluding hydrogens is 526 g/mol. The molecule has 196 valence electrons. The summed E-state index contributed by atoms with van der Waals surface area (Å²) < 4.78 is 29.9. The van der Waals surface area contributed by atoms with E-state index in [-0.39, 0.29) is 28.7 Å². The first-order valence-corrected chi connectivity index (χ1v) is 13.9. The molecule has 0 aliphatic carbocycles. The Bertz CT molecular complexity index is 1680. The van der Waals surface area contributed by atoms with Crippen LogP contribution in [-0.2, 0) is 21.4 Å². The molecule has 3 N–H and O–H groups in total. The van der Waals surface area contributed by atoms with Crippen molar-refractivity contribution < 1.29 is 17.9 Å². The van der Waals surface area contributed by atoms with Crippen molar-refractivity contribution in [3.8, 4) is 5.75 Å². The molecule has 1 amide bonds. The van der Waals surface area contributed by atoms with Crippen molar-refractivity contribution in [1.29, 1.82) is 0 Å². The minimum Gasteiger partial charge on any atom is -0.496 e. The summed E-state index contributed by atoms with van der Waals surface area (Å²) in [5.74, 6) is 0.215. The number of ether oxygens (including phenoxy) is 1. The van der Waals surface area contributed by atoms with Crippen LogP contribution in [-0.4, -0.2) is 42.5 Å². The van der Waals surface area contributed by atoms with Gasteiger partial charge in [-0.15, -0.1) is 0 Å². The number of carbonyl (C=O) groups is 1. The number of amides is 1. The van der Waals surface area contributed by atoms with Crippen LogP contribution in [0.4, 0.5) is 0 Å². The summed E-state index contributed by atoms with van der Waals surface area (Å²) in [6.07, 6.45) is 0. The maximum atomic E-state index is 13.3. The number of thioether (sulfide) groups is 1. The van der Waals surface area contributed by atoms with Crippen molar-refractivity contribution in [3.63, 3.8) is 0 Å². The lowest BCUT2D eigenvalue weighted by Crippen LogP contribution is -2.26. The number of para-hydroxylation sites is 2. The number of methoxy groups -OCH3 is 1. The molecule has 3 aromatic carbocycles. The lowest BCUT2D eigenvalue weighted by atomic mass is 10.1. The summed E-state index contributed by atoms with van der Waals surface area (Å²) in [7, 11) is -2.27. The van der Waals surface area contributed by atoms with E-state index >= 15 is 0 Å². The molecule has 0 unspecified atom stereocenters. The van der Waals surface area contributed by atoms with E-state index in [2.05, 4.69) is 15.5 Å². The number of carbonyl (C=O) groups excluding carboxylic acids is 1. The van der Waals surface area contributed by atoms with Crippen molar-refractivity contribution >= 4 is 44.3 Å². The Morgan fingerprint density at radius 2 is 1.76 bits per heavy atom. The van der Waals surface area contributed by atoms with E-state index in [4.69, 9.17) is 9.88 Å². The van der Waals surface area contributed by atoms with E-state index in [1.54, 1.807) is 56.5 Å². The van der Waals surface area contributed by atoms with Crippen molar-refractivity contribution in [2.45, 2.75) is 23.5 Å². The molecular formula is C26H25N5O5S2. The molecule has 4 aromatic rings. The van der Waals surface area contributed by atoms with Gasteiger partial charge in [0.25, 0.3) is 11.5 Å². The first-order valence-electron chi connectivity index (χ1n) is 11.4. The molecule has 4 rings (SSSR count). The van der Waals surface area contributed by atoms with Gasteiger partial charge in [-0.2, -0.15) is 5.10 Å². The lowest BCUT2D eigenvalue weighted by molar-refractivity contribution is -0.118. The quantitative estimate of drug-likeness (QED) is 0.141. The predicted octanol–water partition coefficient (Wildman–Crippen LogP) is 2.73. The van der Waals surface area contributed by atoms with Crippen molar-refractivity contribution in [3.05, 3.63) is 94.3 Å². The van der Waals surface area contributed by atoms with Crippen LogP contribution in [0, 0.1) is 0 Å². The highest BCUT2D eigenvalue weighted by atomic mass is 32.2. The SMILES string of the molecule is COc1ccccc1/C(C)=N/NC(=O)CSc1nc2ccccc2c(=O)n1Cc1ccc(S(N)(=O)=O)cc1. The number of primary sulfonamides is 1. The summed E-state index contributed by atoms with van der Waals surface area (Å²) in [6.45, 7) is 1.88. The molecule has 0 atom stereocenters. The molecule has 0 saturated heterocycles. The summed E-state index contributed by atoms with van der Waals surface area (Å²) in [5.41, 5.74) is 4.75. The average molecular weight is 552 g/mol. The number of benzene rings is 3. The van der Waals surface area contributed by atoms with Gasteiger partial charge in [-0.3, -0.25) is 14.2 Å². The molecule has 0 saturated carbocycles. The summed E-state index contributed by atoms with van der Waals surface area (Å²) in [6, 6.07) is 20.2. The molecule has 12 heteroatoms. The zero-order chi connectivity index (χ0) is 27.3. The van der Waals surface area contributed by atoms with Gasteiger partial charge in [0.15, 0.2) is 5.16 Å². The predicted molar refractivity (Wildman–Crippen MR) is 147 cm³/mol. The Balaban J connectivity index is 1.56. The van der Waals surface area contributed by atoms with Crippen molar-refractivity contribution in [1.82, 2.24) is 15.0 Å². The van der Waals surface area contributed by atoms with Crippen LogP contribution in [0.25, 0.3) is 10.9 Å². The Labute approximate surface area is 223 Å². The van der Waals surface area contributed by atoms with E-state index < -0.39 is 10.0 Å². The Morgan fingerprint density at radius 1 is 1.08 bits per heavy atom. The Morgan fingerprint density at radius 3 is 2.47 bits per heavy atom. The van der Waals surface area contributed by atoms with Gasteiger partial charge in [0.2, 0.25) is 10.0 Å². The van der Waals surface area contributed by atoms with E-state index in [0.717, 1.165) is 17.3 Å². The number of aromatic nitrogens is 2. The maximum absolute atomic E-state index is 13.3. The summed E-state index contributed by atoms with van der Waals surface area (Å²) in [4.78, 5) is 30.5. The number of fused-ring (bicyclic) bond motifs is 1. The highest BCUT2D eigenvalue weighted by Gasteiger charge is 2.15. The Hall–Kier alpha value is -4.00. The number of nitrogens with zero attached hydrogens (tertiary/aromatic N) is 3. The van der Waals surface area contributed by atoms with Gasteiger partial charge in [0.05, 0.1) is 40.9 Å². The fraction of sp³-hybridized carbons (Fsp3) is 0.154. The number of nitrogens with two attached hydrogens (primary N) is 1. The third-order valence-corrected chi connectivity index (χ3v) is 7.50. The smallest absolute Gasteiger partial charge is 0.262 e. The van der Waals surface area contributed by atoms with Crippen LogP contribution in [0.5, 0.6) is 5.75 Å². The first-order chi connectivity index (χ1) is 18.2. The van der Waals surface area contributed by atoms with E-state index in [1.807, 2.05) is 18.2 Å². The van der Waals surface area contributed by atoms with Crippen LogP contribution in [0.3, 0.4) is 0 Å². The van der Waals surface area contributed by atoms with Crippen LogP contribution in [0.2, 0.25) is 0 Å². The van der Waals surface area contributed by atoms with Gasteiger partial charge in [-0.05, 0) is 48.9 Å². The summed E-state index contributed by atoms with van der Waals surface area (Å²) >= 11 is 1.10. The second-order valence-corrected chi connectivity index (χ2v) is 10.7. The van der Waals surface area contributed by atoms with Crippen LogP contribution in [0.15, 0.2) is 92.7 Å². The van der Waals surface area contributed by atoms with Crippen molar-refractivity contribution in [2.24, 2.45) is 10.2 Å². The molecule has 0 aliphatic rings.